The first-order chi connectivity index (χ1) is 10.8. The summed E-state index contributed by atoms with van der Waals surface area (Å²) < 4.78 is 27.4. The summed E-state index contributed by atoms with van der Waals surface area (Å²) in [7, 11) is -3.72. The predicted octanol–water partition coefficient (Wildman–Crippen LogP) is 2.65. The maximum atomic E-state index is 12.2. The molecular formula is C14H12N2O5S2. The number of nitrogens with one attached hydrogen (secondary N) is 1. The van der Waals surface area contributed by atoms with E-state index in [-0.39, 0.29) is 21.0 Å². The highest BCUT2D eigenvalue weighted by molar-refractivity contribution is 7.94. The fourth-order valence-electron chi connectivity index (χ4n) is 2.29. The smallest absolute Gasteiger partial charge is 0.271 e. The molecule has 3 aromatic rings. The van der Waals surface area contributed by atoms with Crippen LogP contribution in [0.5, 0.6) is 5.88 Å². The molecule has 9 heteroatoms. The average Bonchev–Trinajstić information content (AvgIpc) is 3.08. The molecule has 3 rings (SSSR count). The first-order valence-electron chi connectivity index (χ1n) is 6.45. The van der Waals surface area contributed by atoms with Crippen molar-refractivity contribution in [2.24, 2.45) is 0 Å². The van der Waals surface area contributed by atoms with E-state index in [0.717, 1.165) is 11.3 Å². The molecule has 2 heterocycles. The van der Waals surface area contributed by atoms with Gasteiger partial charge in [-0.1, -0.05) is 6.07 Å². The van der Waals surface area contributed by atoms with E-state index >= 15 is 0 Å². The number of nitrogens with zero attached hydrogens (tertiary/aromatic N) is 1. The summed E-state index contributed by atoms with van der Waals surface area (Å²) in [6, 6.07) is 7.36. The molecule has 3 N–H and O–H groups in total. The average molecular weight is 352 g/mol. The molecular weight excluding hydrogens is 340 g/mol. The van der Waals surface area contributed by atoms with Gasteiger partial charge in [-0.05, 0) is 36.6 Å². The third kappa shape index (κ3) is 2.53. The highest BCUT2D eigenvalue weighted by Crippen LogP contribution is 2.32. The van der Waals surface area contributed by atoms with Gasteiger partial charge in [0.25, 0.3) is 10.0 Å². The second-order valence-corrected chi connectivity index (χ2v) is 7.69. The molecule has 0 saturated heterocycles. The number of carbonyl (C=O) groups excluding carboxylic acids is 1. The molecule has 120 valence electrons. The fourth-order valence-corrected chi connectivity index (χ4v) is 4.33. The zero-order chi connectivity index (χ0) is 16.8. The highest BCUT2D eigenvalue weighted by atomic mass is 32.2. The molecule has 0 fully saturated rings. The Balaban J connectivity index is 2.08. The topological polar surface area (TPSA) is 109 Å². The summed E-state index contributed by atoms with van der Waals surface area (Å²) in [6.07, 6.45) is 0. The van der Waals surface area contributed by atoms with Crippen molar-refractivity contribution < 1.29 is 23.5 Å². The minimum Gasteiger partial charge on any atom is -0.492 e. The van der Waals surface area contributed by atoms with Crippen LogP contribution in [0.4, 0.5) is 5.69 Å². The summed E-state index contributed by atoms with van der Waals surface area (Å²) in [4.78, 5) is 11.6. The van der Waals surface area contributed by atoms with Crippen molar-refractivity contribution in [3.8, 4) is 5.88 Å². The minimum absolute atomic E-state index is 0.0184. The number of fused-ring (bicyclic) bond motifs is 1. The van der Waals surface area contributed by atoms with Gasteiger partial charge in [-0.25, -0.2) is 8.42 Å². The van der Waals surface area contributed by atoms with E-state index < -0.39 is 21.7 Å². The van der Waals surface area contributed by atoms with E-state index in [1.165, 1.54) is 31.2 Å². The van der Waals surface area contributed by atoms with E-state index in [2.05, 4.69) is 4.72 Å². The lowest BCUT2D eigenvalue weighted by Gasteiger charge is -2.06. The molecule has 0 unspecified atom stereocenters. The van der Waals surface area contributed by atoms with Crippen molar-refractivity contribution in [1.29, 1.82) is 0 Å². The first kappa shape index (κ1) is 15.4. The molecule has 0 aliphatic carbocycles. The minimum atomic E-state index is -3.72. The van der Waals surface area contributed by atoms with E-state index in [4.69, 9.17) is 0 Å². The van der Waals surface area contributed by atoms with Crippen molar-refractivity contribution in [3.63, 3.8) is 0 Å². The van der Waals surface area contributed by atoms with Crippen molar-refractivity contribution in [1.82, 2.24) is 4.73 Å². The molecule has 7 nitrogen and oxygen atoms in total. The van der Waals surface area contributed by atoms with Gasteiger partial charge in [0.15, 0.2) is 5.78 Å². The number of aromatic nitrogens is 1. The lowest BCUT2D eigenvalue weighted by atomic mass is 10.1. The molecule has 1 aromatic carbocycles. The number of benzene rings is 1. The largest absolute Gasteiger partial charge is 0.492 e. The molecule has 0 radical (unpaired) electrons. The van der Waals surface area contributed by atoms with Gasteiger partial charge in [-0.3, -0.25) is 9.52 Å². The lowest BCUT2D eigenvalue weighted by Crippen LogP contribution is -2.11. The number of carbonyl (C=O) groups is 1. The van der Waals surface area contributed by atoms with Gasteiger partial charge in [-0.2, -0.15) is 4.73 Å². The molecule has 0 saturated carbocycles. The van der Waals surface area contributed by atoms with E-state index in [9.17, 15) is 23.5 Å². The van der Waals surface area contributed by atoms with Crippen LogP contribution in [0.2, 0.25) is 0 Å². The Bertz CT molecular complexity index is 1000. The van der Waals surface area contributed by atoms with Gasteiger partial charge in [0.1, 0.15) is 4.21 Å². The molecule has 2 aromatic heterocycles. The maximum Gasteiger partial charge on any atom is 0.271 e. The monoisotopic (exact) mass is 352 g/mol. The zero-order valence-electron chi connectivity index (χ0n) is 11.8. The fraction of sp³-hybridized carbons (Fsp3) is 0.0714. The molecule has 0 aliphatic rings. The van der Waals surface area contributed by atoms with Crippen LogP contribution >= 0.6 is 11.3 Å². The molecule has 0 atom stereocenters. The quantitative estimate of drug-likeness (QED) is 0.494. The highest BCUT2D eigenvalue weighted by Gasteiger charge is 2.21. The van der Waals surface area contributed by atoms with E-state index in [0.29, 0.717) is 10.1 Å². The van der Waals surface area contributed by atoms with Gasteiger partial charge in [0.05, 0.1) is 16.8 Å². The number of ketones is 1. The molecule has 0 spiro atoms. The summed E-state index contributed by atoms with van der Waals surface area (Å²) in [6.45, 7) is 1.27. The van der Waals surface area contributed by atoms with Gasteiger partial charge in [-0.15, -0.1) is 11.3 Å². The predicted molar refractivity (Wildman–Crippen MR) is 85.9 cm³/mol. The number of thiophene rings is 1. The van der Waals surface area contributed by atoms with Crippen LogP contribution in [0, 0.1) is 0 Å². The van der Waals surface area contributed by atoms with E-state index in [1.807, 2.05) is 0 Å². The van der Waals surface area contributed by atoms with Crippen LogP contribution in [0.25, 0.3) is 10.9 Å². The van der Waals surface area contributed by atoms with Crippen LogP contribution < -0.4 is 4.72 Å². The van der Waals surface area contributed by atoms with E-state index in [1.54, 1.807) is 11.4 Å². The number of anilines is 1. The lowest BCUT2D eigenvalue weighted by molar-refractivity contribution is 0.100. The Morgan fingerprint density at radius 2 is 2.04 bits per heavy atom. The van der Waals surface area contributed by atoms with Crippen molar-refractivity contribution in [2.45, 2.75) is 11.1 Å². The second-order valence-electron chi connectivity index (χ2n) is 4.84. The first-order valence-corrected chi connectivity index (χ1v) is 8.81. The summed E-state index contributed by atoms with van der Waals surface area (Å²) in [5.41, 5.74) is 0.308. The van der Waals surface area contributed by atoms with Crippen LogP contribution in [0.15, 0.2) is 39.9 Å². The number of sulfonamides is 1. The maximum absolute atomic E-state index is 12.2. The van der Waals surface area contributed by atoms with Gasteiger partial charge < -0.3 is 10.3 Å². The van der Waals surface area contributed by atoms with Gasteiger partial charge in [0, 0.05) is 5.39 Å². The van der Waals surface area contributed by atoms with Gasteiger partial charge in [0.2, 0.25) is 5.88 Å². The third-order valence-electron chi connectivity index (χ3n) is 3.28. The molecule has 23 heavy (non-hydrogen) atoms. The third-order valence-corrected chi connectivity index (χ3v) is 6.06. The standard InChI is InChI=1S/C14H12N2O5S2/c1-8(17)13-10-5-4-9(7-11(10)16(19)14(13)18)15-23(20,21)12-3-2-6-22-12/h2-7,15,18-19H,1H3. The second kappa shape index (κ2) is 5.28. The molecule has 0 aliphatic heterocycles. The Labute approximate surface area is 135 Å². The number of Topliss-reactive ketones (excluding diaryl/α,β-unsaturated/α-hetero) is 1. The Kier molecular flexibility index (Phi) is 3.53. The van der Waals surface area contributed by atoms with Gasteiger partial charge >= 0.3 is 0 Å². The number of rotatable bonds is 4. The summed E-state index contributed by atoms with van der Waals surface area (Å²) >= 11 is 1.08. The Morgan fingerprint density at radius 1 is 1.30 bits per heavy atom. The number of hydrogen-bond acceptors (Lipinski definition) is 6. The SMILES string of the molecule is CC(=O)c1c(O)n(O)c2cc(NS(=O)(=O)c3cccs3)ccc12. The summed E-state index contributed by atoms with van der Waals surface area (Å²) in [5.74, 6) is -0.988. The molecule has 0 bridgehead atoms. The van der Waals surface area contributed by atoms with Crippen LogP contribution in [-0.2, 0) is 10.0 Å². The Hall–Kier alpha value is -2.52. The number of hydrogen-bond donors (Lipinski definition) is 3. The number of aromatic hydroxyl groups is 1. The van der Waals surface area contributed by atoms with Crippen LogP contribution in [-0.4, -0.2) is 29.2 Å². The van der Waals surface area contributed by atoms with Crippen LogP contribution in [0.3, 0.4) is 0 Å². The Morgan fingerprint density at radius 3 is 2.65 bits per heavy atom. The normalized spacial score (nSPS) is 11.7. The van der Waals surface area contributed by atoms with Crippen LogP contribution in [0.1, 0.15) is 17.3 Å². The zero-order valence-corrected chi connectivity index (χ0v) is 13.5. The van der Waals surface area contributed by atoms with Crippen molar-refractivity contribution in [2.75, 3.05) is 4.72 Å². The molecule has 0 amide bonds. The summed E-state index contributed by atoms with van der Waals surface area (Å²) in [5, 5.41) is 21.7. The van der Waals surface area contributed by atoms with Crippen molar-refractivity contribution in [3.05, 3.63) is 41.3 Å². The van der Waals surface area contributed by atoms with Crippen molar-refractivity contribution >= 4 is 43.7 Å².